The molecule has 8 heteroatoms. The van der Waals surface area contributed by atoms with Gasteiger partial charge in [0.15, 0.2) is 0 Å². The standard InChI is InChI=1S/C30H44ClNO5S/c1-5-7-8-9-10-11-12-13-14-15-20-37-29(34)23-16-19-26(31)28(21-23)38(35,36)32-27-22-24(33)17-18-25(27)30(3,4)6-2/h16-19,21-22,32-33H,5-15,20H2,1-4H3. The number of nitrogens with one attached hydrogen (secondary N) is 1. The maximum absolute atomic E-state index is 13.3. The van der Waals surface area contributed by atoms with Gasteiger partial charge in [0.25, 0.3) is 10.0 Å². The molecule has 2 N–H and O–H groups in total. The zero-order chi connectivity index (χ0) is 28.2. The quantitative estimate of drug-likeness (QED) is 0.148. The molecule has 0 saturated carbocycles. The van der Waals surface area contributed by atoms with Gasteiger partial charge in [-0.15, -0.1) is 0 Å². The van der Waals surface area contributed by atoms with Crippen LogP contribution in [0.2, 0.25) is 5.02 Å². The molecule has 0 saturated heterocycles. The molecule has 6 nitrogen and oxygen atoms in total. The topological polar surface area (TPSA) is 92.7 Å². The van der Waals surface area contributed by atoms with Gasteiger partial charge in [0.2, 0.25) is 0 Å². The Morgan fingerprint density at radius 2 is 1.53 bits per heavy atom. The van der Waals surface area contributed by atoms with Crippen LogP contribution in [0.1, 0.15) is 114 Å². The first kappa shape index (κ1) is 32.0. The lowest BCUT2D eigenvalue weighted by molar-refractivity contribution is 0.0497. The molecular formula is C30H44ClNO5S. The second-order valence-electron chi connectivity index (χ2n) is 10.5. The molecular weight excluding hydrogens is 522 g/mol. The van der Waals surface area contributed by atoms with Crippen LogP contribution in [0.25, 0.3) is 0 Å². The second kappa shape index (κ2) is 15.4. The number of aromatic hydroxyl groups is 1. The molecule has 2 rings (SSSR count). The molecule has 0 aliphatic rings. The molecule has 0 atom stereocenters. The largest absolute Gasteiger partial charge is 0.508 e. The van der Waals surface area contributed by atoms with E-state index in [0.29, 0.717) is 0 Å². The van der Waals surface area contributed by atoms with E-state index in [1.54, 1.807) is 6.07 Å². The lowest BCUT2D eigenvalue weighted by Crippen LogP contribution is -2.21. The number of carbonyl (C=O) groups is 1. The number of phenols is 1. The molecule has 0 radical (unpaired) electrons. The number of phenolic OH excluding ortho intramolecular Hbond substituents is 1. The minimum Gasteiger partial charge on any atom is -0.508 e. The van der Waals surface area contributed by atoms with E-state index < -0.39 is 16.0 Å². The van der Waals surface area contributed by atoms with Crippen LogP contribution in [0, 0.1) is 0 Å². The van der Waals surface area contributed by atoms with E-state index in [1.807, 2.05) is 20.8 Å². The smallest absolute Gasteiger partial charge is 0.338 e. The van der Waals surface area contributed by atoms with Crippen LogP contribution >= 0.6 is 11.6 Å². The van der Waals surface area contributed by atoms with Crippen molar-refractivity contribution < 1.29 is 23.1 Å². The highest BCUT2D eigenvalue weighted by Gasteiger charge is 2.26. The Bertz CT molecular complexity index is 1150. The van der Waals surface area contributed by atoms with Gasteiger partial charge in [0.05, 0.1) is 22.9 Å². The molecule has 212 valence electrons. The van der Waals surface area contributed by atoms with Crippen molar-refractivity contribution >= 4 is 33.3 Å². The maximum Gasteiger partial charge on any atom is 0.338 e. The van der Waals surface area contributed by atoms with Crippen molar-refractivity contribution in [2.75, 3.05) is 11.3 Å². The number of rotatable bonds is 17. The fourth-order valence-corrected chi connectivity index (χ4v) is 5.87. The number of hydrogen-bond donors (Lipinski definition) is 2. The van der Waals surface area contributed by atoms with Gasteiger partial charge in [-0.2, -0.15) is 0 Å². The molecule has 0 aromatic heterocycles. The fraction of sp³-hybridized carbons (Fsp3) is 0.567. The number of ether oxygens (including phenoxy) is 1. The first-order valence-electron chi connectivity index (χ1n) is 13.8. The summed E-state index contributed by atoms with van der Waals surface area (Å²) < 4.78 is 34.6. The maximum atomic E-state index is 13.3. The number of halogens is 1. The van der Waals surface area contributed by atoms with Crippen LogP contribution in [-0.2, 0) is 20.2 Å². The van der Waals surface area contributed by atoms with E-state index in [2.05, 4.69) is 11.6 Å². The summed E-state index contributed by atoms with van der Waals surface area (Å²) in [6, 6.07) is 8.69. The van der Waals surface area contributed by atoms with Crippen molar-refractivity contribution in [2.24, 2.45) is 0 Å². The van der Waals surface area contributed by atoms with Crippen molar-refractivity contribution in [3.05, 3.63) is 52.5 Å². The van der Waals surface area contributed by atoms with E-state index in [-0.39, 0.29) is 38.9 Å². The summed E-state index contributed by atoms with van der Waals surface area (Å²) in [5.41, 5.74) is 0.786. The van der Waals surface area contributed by atoms with E-state index >= 15 is 0 Å². The van der Waals surface area contributed by atoms with Crippen molar-refractivity contribution in [3.63, 3.8) is 0 Å². The van der Waals surface area contributed by atoms with Gasteiger partial charge < -0.3 is 9.84 Å². The summed E-state index contributed by atoms with van der Waals surface area (Å²) >= 11 is 6.24. The molecule has 38 heavy (non-hydrogen) atoms. The predicted molar refractivity (Wildman–Crippen MR) is 156 cm³/mol. The summed E-state index contributed by atoms with van der Waals surface area (Å²) in [5, 5.41) is 9.98. The van der Waals surface area contributed by atoms with Crippen LogP contribution in [0.4, 0.5) is 5.69 Å². The van der Waals surface area contributed by atoms with Gasteiger partial charge in [-0.25, -0.2) is 13.2 Å². The lowest BCUT2D eigenvalue weighted by Gasteiger charge is -2.27. The van der Waals surface area contributed by atoms with Crippen molar-refractivity contribution in [1.82, 2.24) is 0 Å². The normalized spacial score (nSPS) is 11.9. The number of unbranched alkanes of at least 4 members (excludes halogenated alkanes) is 9. The predicted octanol–water partition coefficient (Wildman–Crippen LogP) is 8.61. The highest BCUT2D eigenvalue weighted by Crippen LogP contribution is 2.36. The third-order valence-electron chi connectivity index (χ3n) is 7.05. The average Bonchev–Trinajstić information content (AvgIpc) is 2.87. The third-order valence-corrected chi connectivity index (χ3v) is 8.90. The minimum atomic E-state index is -4.15. The van der Waals surface area contributed by atoms with E-state index in [0.717, 1.165) is 31.2 Å². The van der Waals surface area contributed by atoms with Crippen LogP contribution in [0.3, 0.4) is 0 Å². The molecule has 2 aromatic carbocycles. The van der Waals surface area contributed by atoms with Gasteiger partial charge >= 0.3 is 5.97 Å². The Hall–Kier alpha value is -2.25. The highest BCUT2D eigenvalue weighted by atomic mass is 35.5. The van der Waals surface area contributed by atoms with Crippen LogP contribution in [0.5, 0.6) is 5.75 Å². The number of carbonyl (C=O) groups excluding carboxylic acids is 1. The second-order valence-corrected chi connectivity index (χ2v) is 12.6. The van der Waals surface area contributed by atoms with Gasteiger partial charge in [0, 0.05) is 6.07 Å². The first-order chi connectivity index (χ1) is 18.0. The number of benzene rings is 2. The highest BCUT2D eigenvalue weighted by molar-refractivity contribution is 7.92. The summed E-state index contributed by atoms with van der Waals surface area (Å²) in [6.45, 7) is 8.51. The van der Waals surface area contributed by atoms with E-state index in [9.17, 15) is 18.3 Å². The molecule has 2 aromatic rings. The molecule has 0 aliphatic carbocycles. The molecule has 0 heterocycles. The molecule has 0 amide bonds. The number of hydrogen-bond acceptors (Lipinski definition) is 5. The number of esters is 1. The summed E-state index contributed by atoms with van der Waals surface area (Å²) in [6.07, 6.45) is 12.6. The Kier molecular flexibility index (Phi) is 12.9. The molecule has 0 unspecified atom stereocenters. The minimum absolute atomic E-state index is 0.0137. The molecule has 0 fully saturated rings. The lowest BCUT2D eigenvalue weighted by atomic mass is 9.81. The Morgan fingerprint density at radius 3 is 2.13 bits per heavy atom. The number of sulfonamides is 1. The third kappa shape index (κ3) is 9.81. The van der Waals surface area contributed by atoms with Crippen LogP contribution in [0.15, 0.2) is 41.3 Å². The van der Waals surface area contributed by atoms with Crippen LogP contribution in [-0.4, -0.2) is 26.1 Å². The summed E-state index contributed by atoms with van der Waals surface area (Å²) in [5.74, 6) is -0.645. The van der Waals surface area contributed by atoms with Gasteiger partial charge in [0.1, 0.15) is 10.6 Å². The summed E-state index contributed by atoms with van der Waals surface area (Å²) in [4.78, 5) is 12.4. The van der Waals surface area contributed by atoms with Gasteiger partial charge in [-0.3, -0.25) is 4.72 Å². The van der Waals surface area contributed by atoms with Crippen LogP contribution < -0.4 is 4.72 Å². The molecule has 0 aliphatic heterocycles. The van der Waals surface area contributed by atoms with E-state index in [4.69, 9.17) is 16.3 Å². The molecule has 0 spiro atoms. The Labute approximate surface area is 234 Å². The fourth-order valence-electron chi connectivity index (χ4n) is 4.27. The summed E-state index contributed by atoms with van der Waals surface area (Å²) in [7, 11) is -4.15. The van der Waals surface area contributed by atoms with Crippen molar-refractivity contribution in [1.29, 1.82) is 0 Å². The molecule has 0 bridgehead atoms. The van der Waals surface area contributed by atoms with E-state index in [1.165, 1.54) is 75.3 Å². The monoisotopic (exact) mass is 565 g/mol. The Balaban J connectivity index is 1.97. The zero-order valence-corrected chi connectivity index (χ0v) is 24.9. The average molecular weight is 566 g/mol. The van der Waals surface area contributed by atoms with Gasteiger partial charge in [-0.1, -0.05) is 103 Å². The Morgan fingerprint density at radius 1 is 0.921 bits per heavy atom. The zero-order valence-electron chi connectivity index (χ0n) is 23.3. The number of anilines is 1. The van der Waals surface area contributed by atoms with Gasteiger partial charge in [-0.05, 0) is 48.1 Å². The van der Waals surface area contributed by atoms with Crippen molar-refractivity contribution in [3.8, 4) is 5.75 Å². The first-order valence-corrected chi connectivity index (χ1v) is 15.7. The van der Waals surface area contributed by atoms with Crippen molar-refractivity contribution in [2.45, 2.75) is 109 Å². The SMILES string of the molecule is CCCCCCCCCCCCOC(=O)c1ccc(Cl)c(S(=O)(=O)Nc2cc(O)ccc2C(C)(C)CC)c1.